The number of likely N-dealkylation sites (N-methyl/N-ethyl adjacent to an activating group) is 1. The monoisotopic (exact) mass is 271 g/mol. The normalized spacial score (nSPS) is 10.4. The summed E-state index contributed by atoms with van der Waals surface area (Å²) >= 11 is 3.33. The van der Waals surface area contributed by atoms with Gasteiger partial charge in [-0.2, -0.15) is 0 Å². The van der Waals surface area contributed by atoms with Crippen LogP contribution in [0.5, 0.6) is 5.75 Å². The highest BCUT2D eigenvalue weighted by Gasteiger charge is 2.17. The maximum atomic E-state index is 11.7. The molecule has 0 amide bonds. The quantitative estimate of drug-likeness (QED) is 0.829. The molecule has 1 aromatic rings. The van der Waals surface area contributed by atoms with Crippen molar-refractivity contribution in [2.45, 2.75) is 13.8 Å². The predicted molar refractivity (Wildman–Crippen MR) is 63.5 cm³/mol. The smallest absolute Gasteiger partial charge is 0.180 e. The highest BCUT2D eigenvalue weighted by Crippen LogP contribution is 2.31. The van der Waals surface area contributed by atoms with Crippen LogP contribution in [0.3, 0.4) is 0 Å². The fourth-order valence-electron chi connectivity index (χ4n) is 1.46. The molecule has 0 radical (unpaired) electrons. The number of phenolic OH excluding ortho intramolecular Hbond substituents is 1. The Balaban J connectivity index is 3.29. The van der Waals surface area contributed by atoms with Crippen LogP contribution in [0, 0.1) is 13.8 Å². The number of Topliss-reactive ketones (excluding diaryl/α,β-unsaturated/α-hetero) is 1. The molecule has 82 valence electrons. The van der Waals surface area contributed by atoms with Gasteiger partial charge in [0.15, 0.2) is 5.78 Å². The minimum Gasteiger partial charge on any atom is -0.507 e. The van der Waals surface area contributed by atoms with Crippen molar-refractivity contribution in [3.63, 3.8) is 0 Å². The molecular formula is C11H14BrNO2. The van der Waals surface area contributed by atoms with E-state index in [1.807, 2.05) is 13.0 Å². The molecule has 0 fully saturated rings. The second-order valence-electron chi connectivity index (χ2n) is 3.48. The van der Waals surface area contributed by atoms with E-state index in [4.69, 9.17) is 0 Å². The van der Waals surface area contributed by atoms with E-state index in [1.165, 1.54) is 0 Å². The highest BCUT2D eigenvalue weighted by molar-refractivity contribution is 9.10. The summed E-state index contributed by atoms with van der Waals surface area (Å²) in [5, 5.41) is 12.7. The van der Waals surface area contributed by atoms with Gasteiger partial charge in [0, 0.05) is 10.0 Å². The molecule has 0 aliphatic carbocycles. The molecule has 0 aromatic heterocycles. The first kappa shape index (κ1) is 12.2. The lowest BCUT2D eigenvalue weighted by Gasteiger charge is -2.11. The largest absolute Gasteiger partial charge is 0.507 e. The Morgan fingerprint density at radius 2 is 2.13 bits per heavy atom. The first-order valence-electron chi connectivity index (χ1n) is 4.65. The summed E-state index contributed by atoms with van der Waals surface area (Å²) in [4.78, 5) is 11.7. The van der Waals surface area contributed by atoms with Gasteiger partial charge in [-0.15, -0.1) is 0 Å². The van der Waals surface area contributed by atoms with Gasteiger partial charge in [-0.3, -0.25) is 4.79 Å². The zero-order valence-corrected chi connectivity index (χ0v) is 10.6. The summed E-state index contributed by atoms with van der Waals surface area (Å²) in [6.45, 7) is 3.82. The Hall–Kier alpha value is -0.870. The number of hydrogen-bond acceptors (Lipinski definition) is 3. The van der Waals surface area contributed by atoms with Gasteiger partial charge >= 0.3 is 0 Å². The van der Waals surface area contributed by atoms with Gasteiger partial charge in [-0.1, -0.05) is 15.9 Å². The minimum atomic E-state index is -0.0944. The van der Waals surface area contributed by atoms with Gasteiger partial charge < -0.3 is 10.4 Å². The van der Waals surface area contributed by atoms with Crippen LogP contribution in [0.25, 0.3) is 0 Å². The Morgan fingerprint density at radius 3 is 2.67 bits per heavy atom. The molecule has 0 saturated carbocycles. The van der Waals surface area contributed by atoms with Crippen LogP contribution in [0.4, 0.5) is 0 Å². The van der Waals surface area contributed by atoms with Crippen molar-refractivity contribution in [1.29, 1.82) is 0 Å². The van der Waals surface area contributed by atoms with Gasteiger partial charge in [0.25, 0.3) is 0 Å². The van der Waals surface area contributed by atoms with Crippen molar-refractivity contribution in [3.05, 3.63) is 27.2 Å². The summed E-state index contributed by atoms with van der Waals surface area (Å²) in [7, 11) is 1.70. The number of aryl methyl sites for hydroxylation is 1. The van der Waals surface area contributed by atoms with Gasteiger partial charge in [0.1, 0.15) is 5.75 Å². The zero-order valence-electron chi connectivity index (χ0n) is 9.02. The van der Waals surface area contributed by atoms with E-state index in [0.717, 1.165) is 10.0 Å². The van der Waals surface area contributed by atoms with Crippen molar-refractivity contribution < 1.29 is 9.90 Å². The van der Waals surface area contributed by atoms with Crippen molar-refractivity contribution in [2.75, 3.05) is 13.6 Å². The number of benzene rings is 1. The Labute approximate surface area is 97.6 Å². The van der Waals surface area contributed by atoms with Crippen LogP contribution in [0.2, 0.25) is 0 Å². The van der Waals surface area contributed by atoms with E-state index in [9.17, 15) is 9.90 Å². The minimum absolute atomic E-state index is 0.0714. The Morgan fingerprint density at radius 1 is 1.53 bits per heavy atom. The Bertz CT molecular complexity index is 402. The first-order valence-corrected chi connectivity index (χ1v) is 5.44. The summed E-state index contributed by atoms with van der Waals surface area (Å²) in [6, 6.07) is 1.85. The number of aromatic hydroxyl groups is 1. The molecule has 0 spiro atoms. The van der Waals surface area contributed by atoms with Gasteiger partial charge in [-0.25, -0.2) is 0 Å². The van der Waals surface area contributed by atoms with Crippen LogP contribution in [-0.4, -0.2) is 24.5 Å². The van der Waals surface area contributed by atoms with E-state index in [0.29, 0.717) is 11.1 Å². The summed E-state index contributed by atoms with van der Waals surface area (Å²) in [5.41, 5.74) is 1.88. The van der Waals surface area contributed by atoms with E-state index in [1.54, 1.807) is 14.0 Å². The summed E-state index contributed by atoms with van der Waals surface area (Å²) < 4.78 is 0.818. The third kappa shape index (κ3) is 2.38. The molecule has 0 heterocycles. The molecule has 1 rings (SSSR count). The number of ketones is 1. The number of rotatable bonds is 3. The molecule has 0 unspecified atom stereocenters. The molecule has 4 heteroatoms. The topological polar surface area (TPSA) is 49.3 Å². The lowest BCUT2D eigenvalue weighted by molar-refractivity contribution is 0.0990. The highest BCUT2D eigenvalue weighted by atomic mass is 79.9. The third-order valence-corrected chi connectivity index (χ3v) is 3.13. The first-order chi connectivity index (χ1) is 6.99. The number of carbonyl (C=O) groups is 1. The van der Waals surface area contributed by atoms with Crippen molar-refractivity contribution in [2.24, 2.45) is 0 Å². The van der Waals surface area contributed by atoms with Gasteiger partial charge in [-0.05, 0) is 32.5 Å². The molecule has 15 heavy (non-hydrogen) atoms. The molecule has 0 atom stereocenters. The second-order valence-corrected chi connectivity index (χ2v) is 4.33. The third-order valence-electron chi connectivity index (χ3n) is 2.30. The van der Waals surface area contributed by atoms with E-state index in [-0.39, 0.29) is 18.1 Å². The standard InChI is InChI=1S/C11H14BrNO2/c1-6-4-8(12)7(2)11(15)10(6)9(14)5-13-3/h4,13,15H,5H2,1-3H3. The van der Waals surface area contributed by atoms with Crippen molar-refractivity contribution >= 4 is 21.7 Å². The van der Waals surface area contributed by atoms with Crippen LogP contribution < -0.4 is 5.32 Å². The molecule has 0 aliphatic rings. The maximum Gasteiger partial charge on any atom is 0.180 e. The molecule has 3 nitrogen and oxygen atoms in total. The van der Waals surface area contributed by atoms with E-state index < -0.39 is 0 Å². The molecule has 1 aromatic carbocycles. The number of hydrogen-bond donors (Lipinski definition) is 2. The molecular weight excluding hydrogens is 258 g/mol. The zero-order chi connectivity index (χ0) is 11.6. The van der Waals surface area contributed by atoms with E-state index >= 15 is 0 Å². The van der Waals surface area contributed by atoms with Crippen LogP contribution in [0.15, 0.2) is 10.5 Å². The SMILES string of the molecule is CNCC(=O)c1c(C)cc(Br)c(C)c1O. The average Bonchev–Trinajstić information content (AvgIpc) is 2.15. The lowest BCUT2D eigenvalue weighted by Crippen LogP contribution is -2.19. The molecule has 2 N–H and O–H groups in total. The average molecular weight is 272 g/mol. The summed E-state index contributed by atoms with van der Waals surface area (Å²) in [5.74, 6) is -0.0229. The Kier molecular flexibility index (Phi) is 3.88. The fraction of sp³-hybridized carbons (Fsp3) is 0.364. The summed E-state index contributed by atoms with van der Waals surface area (Å²) in [6.07, 6.45) is 0. The van der Waals surface area contributed by atoms with Crippen LogP contribution in [0.1, 0.15) is 21.5 Å². The second kappa shape index (κ2) is 4.77. The van der Waals surface area contributed by atoms with Crippen LogP contribution in [-0.2, 0) is 0 Å². The molecule has 0 bridgehead atoms. The van der Waals surface area contributed by atoms with Gasteiger partial charge in [0.05, 0.1) is 12.1 Å². The fourth-order valence-corrected chi connectivity index (χ4v) is 1.99. The van der Waals surface area contributed by atoms with Gasteiger partial charge in [0.2, 0.25) is 0 Å². The number of halogens is 1. The number of carbonyl (C=O) groups excluding carboxylic acids is 1. The van der Waals surface area contributed by atoms with Crippen LogP contribution >= 0.6 is 15.9 Å². The molecule has 0 aliphatic heterocycles. The van der Waals surface area contributed by atoms with Crippen molar-refractivity contribution in [1.82, 2.24) is 5.32 Å². The predicted octanol–water partition coefficient (Wildman–Crippen LogP) is 2.17. The maximum absolute atomic E-state index is 11.7. The number of phenols is 1. The van der Waals surface area contributed by atoms with E-state index in [2.05, 4.69) is 21.2 Å². The number of nitrogens with one attached hydrogen (secondary N) is 1. The molecule has 0 saturated heterocycles. The lowest BCUT2D eigenvalue weighted by atomic mass is 10.00. The van der Waals surface area contributed by atoms with Crippen molar-refractivity contribution in [3.8, 4) is 5.75 Å².